The molecule has 132 valence electrons. The lowest BCUT2D eigenvalue weighted by atomic mass is 10.3. The van der Waals surface area contributed by atoms with Gasteiger partial charge in [-0.1, -0.05) is 0 Å². The maximum Gasteiger partial charge on any atom is 0.329 e. The van der Waals surface area contributed by atoms with Gasteiger partial charge in [0.25, 0.3) is 0 Å². The summed E-state index contributed by atoms with van der Waals surface area (Å²) in [6, 6.07) is 6.27. The molecule has 0 aliphatic heterocycles. The lowest BCUT2D eigenvalue weighted by Gasteiger charge is -2.14. The molecule has 0 unspecified atom stereocenters. The standard InChI is InChI=1S/C15H20N2O6S/c1-10(2)23-12-5-3-11(4-6-12)17-24(21,22)9-13(18)16-15(7-8-15)14(19)20/h3-6,10,17H,7-9H2,1-2H3,(H,16,18)(H,19,20). The molecule has 0 heterocycles. The summed E-state index contributed by atoms with van der Waals surface area (Å²) in [6.07, 6.45) is 0.609. The van der Waals surface area contributed by atoms with Gasteiger partial charge in [0, 0.05) is 5.69 Å². The van der Waals surface area contributed by atoms with Gasteiger partial charge in [-0.3, -0.25) is 9.52 Å². The number of carboxylic acid groups (broad SMARTS) is 1. The number of anilines is 1. The quantitative estimate of drug-likeness (QED) is 0.637. The predicted molar refractivity (Wildman–Crippen MR) is 87.4 cm³/mol. The van der Waals surface area contributed by atoms with Crippen LogP contribution in [-0.2, 0) is 19.6 Å². The molecule has 1 amide bonds. The average molecular weight is 356 g/mol. The van der Waals surface area contributed by atoms with E-state index in [0.29, 0.717) is 24.3 Å². The van der Waals surface area contributed by atoms with Gasteiger partial charge < -0.3 is 15.2 Å². The van der Waals surface area contributed by atoms with E-state index in [1.54, 1.807) is 12.1 Å². The van der Waals surface area contributed by atoms with Crippen LogP contribution in [0.25, 0.3) is 0 Å². The van der Waals surface area contributed by atoms with Crippen molar-refractivity contribution in [1.82, 2.24) is 5.32 Å². The third-order valence-electron chi connectivity index (χ3n) is 3.36. The Bertz CT molecular complexity index is 723. The van der Waals surface area contributed by atoms with Crippen LogP contribution in [0.15, 0.2) is 24.3 Å². The van der Waals surface area contributed by atoms with Crippen molar-refractivity contribution in [3.8, 4) is 5.75 Å². The Balaban J connectivity index is 1.93. The number of aliphatic carboxylic acids is 1. The molecule has 1 saturated carbocycles. The van der Waals surface area contributed by atoms with Crippen LogP contribution in [0.1, 0.15) is 26.7 Å². The van der Waals surface area contributed by atoms with Crippen LogP contribution in [0.4, 0.5) is 5.69 Å². The SMILES string of the molecule is CC(C)Oc1ccc(NS(=O)(=O)CC(=O)NC2(C(=O)O)CC2)cc1. The molecule has 0 atom stereocenters. The Morgan fingerprint density at radius 2 is 1.83 bits per heavy atom. The molecule has 9 heteroatoms. The second-order valence-corrected chi connectivity index (χ2v) is 7.71. The molecule has 2 rings (SSSR count). The van der Waals surface area contributed by atoms with Gasteiger partial charge in [0.1, 0.15) is 17.0 Å². The molecule has 1 aromatic carbocycles. The van der Waals surface area contributed by atoms with Crippen LogP contribution < -0.4 is 14.8 Å². The summed E-state index contributed by atoms with van der Waals surface area (Å²) in [5.74, 6) is -2.24. The highest BCUT2D eigenvalue weighted by atomic mass is 32.2. The van der Waals surface area contributed by atoms with Crippen LogP contribution in [0.5, 0.6) is 5.75 Å². The van der Waals surface area contributed by atoms with Gasteiger partial charge in [-0.05, 0) is 51.0 Å². The van der Waals surface area contributed by atoms with Crippen LogP contribution in [0.2, 0.25) is 0 Å². The molecule has 0 spiro atoms. The van der Waals surface area contributed by atoms with Gasteiger partial charge >= 0.3 is 5.97 Å². The lowest BCUT2D eigenvalue weighted by molar-refractivity contribution is -0.142. The van der Waals surface area contributed by atoms with E-state index in [0.717, 1.165) is 0 Å². The third kappa shape index (κ3) is 4.85. The Morgan fingerprint density at radius 3 is 2.29 bits per heavy atom. The molecular weight excluding hydrogens is 336 g/mol. The van der Waals surface area contributed by atoms with E-state index in [4.69, 9.17) is 9.84 Å². The van der Waals surface area contributed by atoms with Gasteiger partial charge in [-0.25, -0.2) is 13.2 Å². The number of ether oxygens (including phenoxy) is 1. The first-order chi connectivity index (χ1) is 11.1. The van der Waals surface area contributed by atoms with E-state index >= 15 is 0 Å². The fourth-order valence-corrected chi connectivity index (χ4v) is 3.07. The molecule has 8 nitrogen and oxygen atoms in total. The minimum atomic E-state index is -3.94. The molecule has 0 radical (unpaired) electrons. The molecule has 1 aromatic rings. The predicted octanol–water partition coefficient (Wildman–Crippen LogP) is 0.949. The van der Waals surface area contributed by atoms with Gasteiger partial charge in [0.05, 0.1) is 6.10 Å². The molecule has 24 heavy (non-hydrogen) atoms. The normalized spacial score (nSPS) is 15.6. The maximum absolute atomic E-state index is 12.0. The first-order valence-corrected chi connectivity index (χ1v) is 9.09. The number of sulfonamides is 1. The van der Waals surface area contributed by atoms with Crippen molar-refractivity contribution >= 4 is 27.6 Å². The van der Waals surface area contributed by atoms with Crippen LogP contribution in [0.3, 0.4) is 0 Å². The van der Waals surface area contributed by atoms with Crippen molar-refractivity contribution in [1.29, 1.82) is 0 Å². The zero-order valence-electron chi connectivity index (χ0n) is 13.4. The number of carbonyl (C=O) groups is 2. The monoisotopic (exact) mass is 356 g/mol. The second kappa shape index (κ2) is 6.68. The van der Waals surface area contributed by atoms with Gasteiger partial charge in [-0.15, -0.1) is 0 Å². The Kier molecular flexibility index (Phi) is 5.02. The number of carbonyl (C=O) groups excluding carboxylic acids is 1. The van der Waals surface area contributed by atoms with Gasteiger partial charge in [0.2, 0.25) is 15.9 Å². The number of hydrogen-bond acceptors (Lipinski definition) is 5. The Labute approximate surface area is 140 Å². The Morgan fingerprint density at radius 1 is 1.25 bits per heavy atom. The summed E-state index contributed by atoms with van der Waals surface area (Å²) in [7, 11) is -3.94. The zero-order valence-corrected chi connectivity index (χ0v) is 14.2. The third-order valence-corrected chi connectivity index (χ3v) is 4.55. The van der Waals surface area contributed by atoms with Crippen LogP contribution in [-0.4, -0.2) is 42.8 Å². The van der Waals surface area contributed by atoms with E-state index in [-0.39, 0.29) is 6.10 Å². The number of hydrogen-bond donors (Lipinski definition) is 3. The number of benzene rings is 1. The van der Waals surface area contributed by atoms with Gasteiger partial charge in [-0.2, -0.15) is 0 Å². The minimum Gasteiger partial charge on any atom is -0.491 e. The molecule has 0 aromatic heterocycles. The molecule has 1 aliphatic rings. The van der Waals surface area contributed by atoms with E-state index in [1.165, 1.54) is 12.1 Å². The van der Waals surface area contributed by atoms with Gasteiger partial charge in [0.15, 0.2) is 0 Å². The molecule has 1 fully saturated rings. The molecule has 0 bridgehead atoms. The summed E-state index contributed by atoms with van der Waals surface area (Å²) in [5.41, 5.74) is -1.01. The number of nitrogens with one attached hydrogen (secondary N) is 2. The highest BCUT2D eigenvalue weighted by Gasteiger charge is 2.51. The van der Waals surface area contributed by atoms with E-state index < -0.39 is 33.2 Å². The van der Waals surface area contributed by atoms with Crippen molar-refractivity contribution in [2.45, 2.75) is 38.3 Å². The van der Waals surface area contributed by atoms with E-state index in [9.17, 15) is 18.0 Å². The zero-order chi connectivity index (χ0) is 18.0. The maximum atomic E-state index is 12.0. The van der Waals surface area contributed by atoms with Crippen molar-refractivity contribution in [2.24, 2.45) is 0 Å². The molecule has 0 saturated heterocycles. The molecular formula is C15H20N2O6S. The summed E-state index contributed by atoms with van der Waals surface area (Å²) >= 11 is 0. The molecule has 3 N–H and O–H groups in total. The minimum absolute atomic E-state index is 0.000202. The van der Waals surface area contributed by atoms with Crippen molar-refractivity contribution in [3.05, 3.63) is 24.3 Å². The largest absolute Gasteiger partial charge is 0.491 e. The summed E-state index contributed by atoms with van der Waals surface area (Å²) in [5, 5.41) is 11.2. The average Bonchev–Trinajstić information content (AvgIpc) is 3.20. The molecule has 1 aliphatic carbocycles. The highest BCUT2D eigenvalue weighted by molar-refractivity contribution is 7.93. The number of carboxylic acids is 1. The summed E-state index contributed by atoms with van der Waals surface area (Å²) < 4.78 is 31.7. The van der Waals surface area contributed by atoms with Crippen molar-refractivity contribution in [2.75, 3.05) is 10.5 Å². The summed E-state index contributed by atoms with van der Waals surface area (Å²) in [4.78, 5) is 22.8. The number of rotatable bonds is 8. The van der Waals surface area contributed by atoms with Crippen LogP contribution in [0, 0.1) is 0 Å². The van der Waals surface area contributed by atoms with Crippen molar-refractivity contribution in [3.63, 3.8) is 0 Å². The number of amides is 1. The van der Waals surface area contributed by atoms with Crippen molar-refractivity contribution < 1.29 is 27.9 Å². The topological polar surface area (TPSA) is 122 Å². The Hall–Kier alpha value is -2.29. The summed E-state index contributed by atoms with van der Waals surface area (Å²) in [6.45, 7) is 3.75. The fourth-order valence-electron chi connectivity index (χ4n) is 2.08. The second-order valence-electron chi connectivity index (χ2n) is 5.99. The first-order valence-electron chi connectivity index (χ1n) is 7.43. The van der Waals surface area contributed by atoms with E-state index in [1.807, 2.05) is 13.8 Å². The van der Waals surface area contributed by atoms with Crippen LogP contribution >= 0.6 is 0 Å². The van der Waals surface area contributed by atoms with E-state index in [2.05, 4.69) is 10.0 Å². The lowest BCUT2D eigenvalue weighted by Crippen LogP contribution is -2.45. The fraction of sp³-hybridized carbons (Fsp3) is 0.467. The highest BCUT2D eigenvalue weighted by Crippen LogP contribution is 2.35. The smallest absolute Gasteiger partial charge is 0.329 e. The first kappa shape index (κ1) is 18.1.